The fourth-order valence-electron chi connectivity index (χ4n) is 4.62. The zero-order valence-corrected chi connectivity index (χ0v) is 21.4. The summed E-state index contributed by atoms with van der Waals surface area (Å²) in [4.78, 5) is 34.6. The molecule has 1 atom stereocenters. The van der Waals surface area contributed by atoms with E-state index in [9.17, 15) is 9.59 Å². The Labute approximate surface area is 225 Å². The highest BCUT2D eigenvalue weighted by Gasteiger charge is 2.33. The quantitative estimate of drug-likeness (QED) is 0.339. The van der Waals surface area contributed by atoms with E-state index in [1.54, 1.807) is 12.1 Å². The van der Waals surface area contributed by atoms with Crippen LogP contribution in [-0.4, -0.2) is 67.5 Å². The van der Waals surface area contributed by atoms with Gasteiger partial charge in [0.15, 0.2) is 18.2 Å². The predicted molar refractivity (Wildman–Crippen MR) is 144 cm³/mol. The largest absolute Gasteiger partial charge is 0.480 e. The minimum atomic E-state index is -0.453. The van der Waals surface area contributed by atoms with Gasteiger partial charge in [0.05, 0.1) is 18.8 Å². The maximum absolute atomic E-state index is 12.5. The van der Waals surface area contributed by atoms with Gasteiger partial charge in [-0.25, -0.2) is 14.8 Å². The Bertz CT molecular complexity index is 1360. The van der Waals surface area contributed by atoms with Crippen molar-refractivity contribution in [2.45, 2.75) is 19.1 Å². The van der Waals surface area contributed by atoms with Gasteiger partial charge in [-0.15, -0.1) is 0 Å². The molecule has 2 aromatic heterocycles. The van der Waals surface area contributed by atoms with Gasteiger partial charge in [-0.1, -0.05) is 24.3 Å². The molecule has 0 spiro atoms. The lowest BCUT2D eigenvalue weighted by Gasteiger charge is -2.26. The van der Waals surface area contributed by atoms with Crippen LogP contribution in [0.2, 0.25) is 0 Å². The summed E-state index contributed by atoms with van der Waals surface area (Å²) in [6.45, 7) is 4.37. The van der Waals surface area contributed by atoms with Crippen molar-refractivity contribution < 1.29 is 23.8 Å². The van der Waals surface area contributed by atoms with Crippen LogP contribution in [0.25, 0.3) is 11.3 Å². The average Bonchev–Trinajstić information content (AvgIpc) is 3.30. The Morgan fingerprint density at radius 2 is 1.97 bits per heavy atom. The van der Waals surface area contributed by atoms with Crippen molar-refractivity contribution in [2.24, 2.45) is 5.92 Å². The smallest absolute Gasteiger partial charge is 0.415 e. The molecule has 1 unspecified atom stereocenters. The summed E-state index contributed by atoms with van der Waals surface area (Å²) in [5.41, 5.74) is 3.04. The van der Waals surface area contributed by atoms with Gasteiger partial charge < -0.3 is 30.2 Å². The number of hydrogen-bond acceptors (Lipinski definition) is 9. The number of anilines is 2. The van der Waals surface area contributed by atoms with Gasteiger partial charge in [0.2, 0.25) is 5.88 Å². The molecule has 11 heteroatoms. The van der Waals surface area contributed by atoms with Crippen LogP contribution in [0, 0.1) is 5.92 Å². The molecule has 2 amide bonds. The standard InChI is InChI=1S/C28H30N6O5/c35-25-17-37-23-7-8-24(32-27(23)33-25)34-15-21(39-28(34)36)9-10-29-12-18-3-1-4-20(11-18)22-5-2-6-26(31-22)38-16-19-13-30-14-19/h1-8,11,19,21,29-30H,9-10,12-17H2,(H,32,33,35). The third-order valence-corrected chi connectivity index (χ3v) is 6.86. The van der Waals surface area contributed by atoms with E-state index in [4.69, 9.17) is 14.2 Å². The molecule has 0 saturated carbocycles. The molecule has 6 rings (SSSR count). The molecular weight excluding hydrogens is 500 g/mol. The highest BCUT2D eigenvalue weighted by Crippen LogP contribution is 2.30. The lowest BCUT2D eigenvalue weighted by molar-refractivity contribution is -0.118. The van der Waals surface area contributed by atoms with Crippen molar-refractivity contribution in [1.29, 1.82) is 0 Å². The molecule has 3 aliphatic heterocycles. The third-order valence-electron chi connectivity index (χ3n) is 6.86. The number of benzene rings is 1. The van der Waals surface area contributed by atoms with Crippen LogP contribution >= 0.6 is 0 Å². The molecule has 0 bridgehead atoms. The van der Waals surface area contributed by atoms with E-state index in [1.165, 1.54) is 4.90 Å². The minimum absolute atomic E-state index is 0.0449. The number of fused-ring (bicyclic) bond motifs is 1. The number of nitrogens with zero attached hydrogens (tertiary/aromatic N) is 3. The zero-order valence-electron chi connectivity index (χ0n) is 21.4. The van der Waals surface area contributed by atoms with Crippen LogP contribution in [0.4, 0.5) is 16.4 Å². The highest BCUT2D eigenvalue weighted by atomic mass is 16.6. The molecule has 11 nitrogen and oxygen atoms in total. The maximum atomic E-state index is 12.5. The van der Waals surface area contributed by atoms with Crippen LogP contribution in [0.3, 0.4) is 0 Å². The average molecular weight is 531 g/mol. The molecule has 3 aromatic rings. The summed E-state index contributed by atoms with van der Waals surface area (Å²) in [6, 6.07) is 17.5. The van der Waals surface area contributed by atoms with Crippen LogP contribution in [-0.2, 0) is 16.1 Å². The summed E-state index contributed by atoms with van der Waals surface area (Å²) < 4.78 is 16.8. The van der Waals surface area contributed by atoms with Gasteiger partial charge in [0.1, 0.15) is 11.9 Å². The summed E-state index contributed by atoms with van der Waals surface area (Å²) in [7, 11) is 0. The van der Waals surface area contributed by atoms with Crippen molar-refractivity contribution in [3.05, 3.63) is 60.2 Å². The van der Waals surface area contributed by atoms with Gasteiger partial charge in [-0.3, -0.25) is 9.69 Å². The first-order chi connectivity index (χ1) is 19.1. The van der Waals surface area contributed by atoms with Crippen LogP contribution in [0.5, 0.6) is 11.6 Å². The Hall–Kier alpha value is -4.22. The van der Waals surface area contributed by atoms with Crippen molar-refractivity contribution >= 4 is 23.6 Å². The van der Waals surface area contributed by atoms with Crippen LogP contribution in [0.15, 0.2) is 54.6 Å². The normalized spacial score (nSPS) is 18.6. The van der Waals surface area contributed by atoms with E-state index in [-0.39, 0.29) is 18.6 Å². The summed E-state index contributed by atoms with van der Waals surface area (Å²) in [5.74, 6) is 2.13. The Morgan fingerprint density at radius 1 is 1.08 bits per heavy atom. The number of carbonyl (C=O) groups is 2. The van der Waals surface area contributed by atoms with E-state index >= 15 is 0 Å². The van der Waals surface area contributed by atoms with Crippen molar-refractivity contribution in [1.82, 2.24) is 20.6 Å². The highest BCUT2D eigenvalue weighted by molar-refractivity contribution is 5.95. The molecular formula is C28H30N6O5. The number of pyridine rings is 2. The van der Waals surface area contributed by atoms with E-state index in [2.05, 4.69) is 38.1 Å². The number of rotatable bonds is 10. The summed E-state index contributed by atoms with van der Waals surface area (Å²) in [5, 5.41) is 9.35. The minimum Gasteiger partial charge on any atom is -0.480 e. The maximum Gasteiger partial charge on any atom is 0.415 e. The molecule has 2 fully saturated rings. The molecule has 202 valence electrons. The van der Waals surface area contributed by atoms with Crippen LogP contribution < -0.4 is 30.3 Å². The Kier molecular flexibility index (Phi) is 7.24. The van der Waals surface area contributed by atoms with Gasteiger partial charge in [0.25, 0.3) is 5.91 Å². The first-order valence-electron chi connectivity index (χ1n) is 13.1. The second kappa shape index (κ2) is 11.3. The number of aromatic nitrogens is 2. The number of cyclic esters (lactones) is 1. The lowest BCUT2D eigenvalue weighted by atomic mass is 10.1. The first-order valence-corrected chi connectivity index (χ1v) is 13.1. The van der Waals surface area contributed by atoms with Gasteiger partial charge in [0, 0.05) is 37.2 Å². The molecule has 5 heterocycles. The molecule has 3 N–H and O–H groups in total. The van der Waals surface area contributed by atoms with Crippen molar-refractivity contribution in [2.75, 3.05) is 49.6 Å². The number of hydrogen-bond donors (Lipinski definition) is 3. The molecule has 1 aromatic carbocycles. The van der Waals surface area contributed by atoms with Crippen molar-refractivity contribution in [3.8, 4) is 22.9 Å². The van der Waals surface area contributed by atoms with E-state index in [0.717, 1.165) is 29.9 Å². The molecule has 3 aliphatic rings. The van der Waals surface area contributed by atoms with E-state index in [1.807, 2.05) is 30.3 Å². The lowest BCUT2D eigenvalue weighted by Crippen LogP contribution is -2.45. The number of amides is 2. The Balaban J connectivity index is 0.989. The fourth-order valence-corrected chi connectivity index (χ4v) is 4.62. The van der Waals surface area contributed by atoms with Crippen LogP contribution in [0.1, 0.15) is 12.0 Å². The Morgan fingerprint density at radius 3 is 2.85 bits per heavy atom. The monoisotopic (exact) mass is 530 g/mol. The third kappa shape index (κ3) is 5.94. The van der Waals surface area contributed by atoms with E-state index < -0.39 is 6.09 Å². The topological polar surface area (TPSA) is 127 Å². The first kappa shape index (κ1) is 25.1. The second-order valence-corrected chi connectivity index (χ2v) is 9.83. The fraction of sp³-hybridized carbons (Fsp3) is 0.357. The van der Waals surface area contributed by atoms with Gasteiger partial charge >= 0.3 is 6.09 Å². The SMILES string of the molecule is O=C1COc2ccc(N3CC(CCNCc4cccc(-c5cccc(OCC6CNC6)n5)c4)OC3=O)nc2N1. The molecule has 2 saturated heterocycles. The van der Waals surface area contributed by atoms with Gasteiger partial charge in [-0.05, 0) is 42.8 Å². The number of ether oxygens (including phenoxy) is 3. The second-order valence-electron chi connectivity index (χ2n) is 9.83. The zero-order chi connectivity index (χ0) is 26.6. The number of nitrogens with one attached hydrogen (secondary N) is 3. The summed E-state index contributed by atoms with van der Waals surface area (Å²) in [6.07, 6.45) is -0.0570. The molecule has 39 heavy (non-hydrogen) atoms. The van der Waals surface area contributed by atoms with Gasteiger partial charge in [-0.2, -0.15) is 0 Å². The van der Waals surface area contributed by atoms with Crippen molar-refractivity contribution in [3.63, 3.8) is 0 Å². The predicted octanol–water partition coefficient (Wildman–Crippen LogP) is 2.58. The molecule has 0 radical (unpaired) electrons. The number of carbonyl (C=O) groups excluding carboxylic acids is 2. The molecule has 0 aliphatic carbocycles. The summed E-state index contributed by atoms with van der Waals surface area (Å²) >= 11 is 0. The van der Waals surface area contributed by atoms with E-state index in [0.29, 0.717) is 61.8 Å².